The van der Waals surface area contributed by atoms with E-state index >= 15 is 0 Å². The number of nitrogens with one attached hydrogen (secondary N) is 1. The minimum atomic E-state index is 0.000814. The van der Waals surface area contributed by atoms with Crippen molar-refractivity contribution in [2.24, 2.45) is 0 Å². The summed E-state index contributed by atoms with van der Waals surface area (Å²) in [6, 6.07) is 5.97. The van der Waals surface area contributed by atoms with Crippen molar-refractivity contribution in [2.45, 2.75) is 32.4 Å². The number of H-pyrrole nitrogens is 1. The molecule has 1 N–H and O–H groups in total. The van der Waals surface area contributed by atoms with Gasteiger partial charge in [0.05, 0.1) is 11.9 Å². The highest BCUT2D eigenvalue weighted by molar-refractivity contribution is 7.18. The van der Waals surface area contributed by atoms with Crippen LogP contribution in [0, 0.1) is 0 Å². The van der Waals surface area contributed by atoms with Gasteiger partial charge in [-0.1, -0.05) is 6.07 Å². The van der Waals surface area contributed by atoms with Crippen LogP contribution in [0.4, 0.5) is 0 Å². The average Bonchev–Trinajstić information content (AvgIpc) is 3.28. The molecule has 2 aliphatic rings. The molecule has 134 valence electrons. The second-order valence-electron chi connectivity index (χ2n) is 6.91. The molecule has 1 aromatic carbocycles. The maximum absolute atomic E-state index is 12.6. The van der Waals surface area contributed by atoms with E-state index in [0.717, 1.165) is 53.1 Å². The third-order valence-corrected chi connectivity index (χ3v) is 6.12. The molecule has 0 saturated heterocycles. The van der Waals surface area contributed by atoms with Crippen LogP contribution in [0.2, 0.25) is 0 Å². The first-order valence-corrected chi connectivity index (χ1v) is 9.59. The van der Waals surface area contributed by atoms with Crippen LogP contribution in [0.15, 0.2) is 23.0 Å². The number of ether oxygens (including phenoxy) is 2. The van der Waals surface area contributed by atoms with E-state index in [0.29, 0.717) is 12.4 Å². The second kappa shape index (κ2) is 6.10. The monoisotopic (exact) mass is 369 g/mol. The Kier molecular flexibility index (Phi) is 3.72. The van der Waals surface area contributed by atoms with Crippen LogP contribution in [0.1, 0.15) is 28.2 Å². The predicted octanol–water partition coefficient (Wildman–Crippen LogP) is 2.83. The van der Waals surface area contributed by atoms with Gasteiger partial charge in [-0.25, -0.2) is 4.98 Å². The van der Waals surface area contributed by atoms with Gasteiger partial charge in [-0.2, -0.15) is 0 Å². The number of hydrogen-bond acceptors (Lipinski definition) is 6. The number of aromatic amines is 1. The van der Waals surface area contributed by atoms with Gasteiger partial charge in [0.25, 0.3) is 5.56 Å². The van der Waals surface area contributed by atoms with Crippen LogP contribution < -0.4 is 15.0 Å². The zero-order valence-corrected chi connectivity index (χ0v) is 15.3. The number of fused-ring (bicyclic) bond motifs is 4. The molecule has 2 aromatic heterocycles. The first kappa shape index (κ1) is 15.8. The fraction of sp³-hybridized carbons (Fsp3) is 0.368. The molecule has 0 amide bonds. The number of aryl methyl sites for hydroxylation is 2. The van der Waals surface area contributed by atoms with Crippen LogP contribution in [0.3, 0.4) is 0 Å². The third-order valence-electron chi connectivity index (χ3n) is 4.93. The fourth-order valence-corrected chi connectivity index (χ4v) is 5.07. The van der Waals surface area contributed by atoms with Crippen LogP contribution in [0.25, 0.3) is 10.2 Å². The molecule has 1 aliphatic carbocycles. The van der Waals surface area contributed by atoms with E-state index in [1.54, 1.807) is 11.3 Å². The van der Waals surface area contributed by atoms with Gasteiger partial charge in [0, 0.05) is 11.4 Å². The van der Waals surface area contributed by atoms with Crippen molar-refractivity contribution in [1.82, 2.24) is 14.9 Å². The van der Waals surface area contributed by atoms with Gasteiger partial charge >= 0.3 is 0 Å². The molecule has 5 rings (SSSR count). The number of aromatic nitrogens is 2. The van der Waals surface area contributed by atoms with Crippen LogP contribution in [-0.4, -0.2) is 28.7 Å². The summed E-state index contributed by atoms with van der Waals surface area (Å²) in [5.74, 6) is 2.29. The minimum Gasteiger partial charge on any atom is -0.454 e. The highest BCUT2D eigenvalue weighted by Crippen LogP contribution is 2.35. The number of hydrogen-bond donors (Lipinski definition) is 1. The Balaban J connectivity index is 1.36. The van der Waals surface area contributed by atoms with Crippen LogP contribution in [0.5, 0.6) is 11.5 Å². The van der Waals surface area contributed by atoms with Crippen molar-refractivity contribution in [3.05, 3.63) is 50.4 Å². The molecule has 0 spiro atoms. The normalized spacial score (nSPS) is 15.2. The maximum atomic E-state index is 12.6. The molecule has 0 saturated carbocycles. The molecule has 0 radical (unpaired) electrons. The van der Waals surface area contributed by atoms with Crippen molar-refractivity contribution in [1.29, 1.82) is 0 Å². The molecule has 0 atom stereocenters. The van der Waals surface area contributed by atoms with E-state index in [4.69, 9.17) is 14.5 Å². The lowest BCUT2D eigenvalue weighted by molar-refractivity contribution is 0.174. The van der Waals surface area contributed by atoms with Crippen LogP contribution in [-0.2, 0) is 25.9 Å². The van der Waals surface area contributed by atoms with Crippen molar-refractivity contribution in [2.75, 3.05) is 13.8 Å². The molecule has 0 bridgehead atoms. The zero-order valence-electron chi connectivity index (χ0n) is 14.5. The third kappa shape index (κ3) is 2.68. The van der Waals surface area contributed by atoms with Crippen molar-refractivity contribution >= 4 is 21.6 Å². The Morgan fingerprint density at radius 2 is 2.12 bits per heavy atom. The summed E-state index contributed by atoms with van der Waals surface area (Å²) in [5.41, 5.74) is 2.36. The van der Waals surface area contributed by atoms with Gasteiger partial charge in [0.1, 0.15) is 10.7 Å². The summed E-state index contributed by atoms with van der Waals surface area (Å²) < 4.78 is 10.8. The standard InChI is InChI=1S/C19H19N3O3S/c1-22(8-11-5-6-13-14(7-11)25-10-24-13)9-16-20-18(23)17-12-3-2-4-15(12)26-19(17)21-16/h5-7H,2-4,8-10H2,1H3,(H,20,21,23). The minimum absolute atomic E-state index is 0.000814. The summed E-state index contributed by atoms with van der Waals surface area (Å²) in [6.45, 7) is 1.60. The average molecular weight is 369 g/mol. The highest BCUT2D eigenvalue weighted by Gasteiger charge is 2.21. The fourth-order valence-electron chi connectivity index (χ4n) is 3.78. The van der Waals surface area contributed by atoms with E-state index in [-0.39, 0.29) is 12.4 Å². The quantitative estimate of drug-likeness (QED) is 0.766. The predicted molar refractivity (Wildman–Crippen MR) is 100 cm³/mol. The summed E-state index contributed by atoms with van der Waals surface area (Å²) in [6.07, 6.45) is 3.23. The Hall–Kier alpha value is -2.38. The summed E-state index contributed by atoms with van der Waals surface area (Å²) in [4.78, 5) is 24.6. The summed E-state index contributed by atoms with van der Waals surface area (Å²) >= 11 is 1.68. The largest absolute Gasteiger partial charge is 0.454 e. The number of rotatable bonds is 4. The Labute approximate surface area is 154 Å². The lowest BCUT2D eigenvalue weighted by Crippen LogP contribution is -2.21. The molecular formula is C19H19N3O3S. The van der Waals surface area contributed by atoms with Gasteiger partial charge < -0.3 is 14.5 Å². The molecule has 3 heterocycles. The summed E-state index contributed by atoms with van der Waals surface area (Å²) in [7, 11) is 2.02. The first-order chi connectivity index (χ1) is 12.7. The van der Waals surface area contributed by atoms with E-state index in [9.17, 15) is 4.79 Å². The molecule has 1 aliphatic heterocycles. The lowest BCUT2D eigenvalue weighted by atomic mass is 10.2. The molecule has 3 aromatic rings. The maximum Gasteiger partial charge on any atom is 0.259 e. The van der Waals surface area contributed by atoms with Gasteiger partial charge in [-0.3, -0.25) is 9.69 Å². The number of thiophene rings is 1. The first-order valence-electron chi connectivity index (χ1n) is 8.78. The highest BCUT2D eigenvalue weighted by atomic mass is 32.1. The summed E-state index contributed by atoms with van der Waals surface area (Å²) in [5, 5.41) is 0.810. The molecule has 6 nitrogen and oxygen atoms in total. The lowest BCUT2D eigenvalue weighted by Gasteiger charge is -2.16. The smallest absolute Gasteiger partial charge is 0.259 e. The van der Waals surface area contributed by atoms with Crippen molar-refractivity contribution < 1.29 is 9.47 Å². The molecule has 0 unspecified atom stereocenters. The van der Waals surface area contributed by atoms with E-state index < -0.39 is 0 Å². The molecule has 7 heteroatoms. The van der Waals surface area contributed by atoms with Gasteiger partial charge in [0.2, 0.25) is 6.79 Å². The van der Waals surface area contributed by atoms with E-state index in [1.165, 1.54) is 10.4 Å². The SMILES string of the molecule is CN(Cc1ccc2c(c1)OCO2)Cc1nc2sc3c(c2c(=O)[nH]1)CCC3. The van der Waals surface area contributed by atoms with Gasteiger partial charge in [-0.15, -0.1) is 11.3 Å². The van der Waals surface area contributed by atoms with Crippen LogP contribution >= 0.6 is 11.3 Å². The van der Waals surface area contributed by atoms with Crippen molar-refractivity contribution in [3.63, 3.8) is 0 Å². The van der Waals surface area contributed by atoms with Gasteiger partial charge in [0.15, 0.2) is 11.5 Å². The molecule has 26 heavy (non-hydrogen) atoms. The zero-order chi connectivity index (χ0) is 17.7. The number of benzene rings is 1. The second-order valence-corrected chi connectivity index (χ2v) is 7.99. The Morgan fingerprint density at radius 1 is 1.23 bits per heavy atom. The van der Waals surface area contributed by atoms with Crippen molar-refractivity contribution in [3.8, 4) is 11.5 Å². The van der Waals surface area contributed by atoms with E-state index in [1.807, 2.05) is 25.2 Å². The molecule has 0 fully saturated rings. The van der Waals surface area contributed by atoms with E-state index in [2.05, 4.69) is 9.88 Å². The number of nitrogens with zero attached hydrogens (tertiary/aromatic N) is 2. The van der Waals surface area contributed by atoms with Gasteiger partial charge in [-0.05, 0) is 49.6 Å². The Bertz CT molecular complexity index is 1060. The topological polar surface area (TPSA) is 67.5 Å². The molecular weight excluding hydrogens is 350 g/mol. The Morgan fingerprint density at radius 3 is 3.04 bits per heavy atom.